The average Bonchev–Trinajstić information content (AvgIpc) is 3.21. The van der Waals surface area contributed by atoms with Gasteiger partial charge < -0.3 is 19.7 Å². The molecule has 3 rings (SSSR count). The number of hydrogen-bond donors (Lipinski definition) is 1. The number of carbonyl (C=O) groups is 1. The van der Waals surface area contributed by atoms with Crippen LogP contribution < -0.4 is 19.7 Å². The van der Waals surface area contributed by atoms with Crippen molar-refractivity contribution in [3.05, 3.63) is 41.0 Å². The molecule has 0 spiro atoms. The number of amides is 1. The van der Waals surface area contributed by atoms with Gasteiger partial charge in [0.1, 0.15) is 5.82 Å². The fourth-order valence-corrected chi connectivity index (χ4v) is 3.26. The predicted octanol–water partition coefficient (Wildman–Crippen LogP) is 4.38. The van der Waals surface area contributed by atoms with E-state index in [0.717, 1.165) is 25.3 Å². The highest BCUT2D eigenvalue weighted by Gasteiger charge is 2.17. The molecule has 1 aromatic carbocycles. The lowest BCUT2D eigenvalue weighted by molar-refractivity contribution is 0.102. The summed E-state index contributed by atoms with van der Waals surface area (Å²) in [5.74, 6) is 1.54. The van der Waals surface area contributed by atoms with Crippen molar-refractivity contribution in [3.63, 3.8) is 0 Å². The Bertz CT molecular complexity index is 790. The number of rotatable bonds is 7. The summed E-state index contributed by atoms with van der Waals surface area (Å²) in [4.78, 5) is 19.3. The SMILES string of the molecule is CCCOc1c(Cl)cc(C(=O)Nc2ccc(N3CCCC3)nc2)cc1OC. The summed E-state index contributed by atoms with van der Waals surface area (Å²) in [6.07, 6.45) is 4.91. The standard InChI is InChI=1S/C20H24ClN3O3/c1-3-10-27-19-16(21)11-14(12-17(19)26-2)20(25)23-15-6-7-18(22-13-15)24-8-4-5-9-24/h6-7,11-13H,3-5,8-10H2,1-2H3,(H,23,25). The molecule has 0 saturated carbocycles. The number of ether oxygens (including phenoxy) is 2. The van der Waals surface area contributed by atoms with Gasteiger partial charge in [0, 0.05) is 18.7 Å². The van der Waals surface area contributed by atoms with Gasteiger partial charge in [-0.1, -0.05) is 18.5 Å². The zero-order valence-corrected chi connectivity index (χ0v) is 16.4. The molecule has 1 amide bonds. The molecule has 27 heavy (non-hydrogen) atoms. The van der Waals surface area contributed by atoms with Crippen LogP contribution in [0.3, 0.4) is 0 Å². The van der Waals surface area contributed by atoms with E-state index >= 15 is 0 Å². The second-order valence-corrected chi connectivity index (χ2v) is 6.80. The summed E-state index contributed by atoms with van der Waals surface area (Å²) in [5, 5.41) is 3.19. The van der Waals surface area contributed by atoms with Crippen molar-refractivity contribution < 1.29 is 14.3 Å². The molecular formula is C20H24ClN3O3. The van der Waals surface area contributed by atoms with Crippen molar-refractivity contribution in [2.24, 2.45) is 0 Å². The van der Waals surface area contributed by atoms with E-state index in [-0.39, 0.29) is 5.91 Å². The minimum absolute atomic E-state index is 0.284. The maximum absolute atomic E-state index is 12.6. The molecule has 6 nitrogen and oxygen atoms in total. The van der Waals surface area contributed by atoms with Crippen molar-refractivity contribution in [2.75, 3.05) is 37.0 Å². The molecule has 1 N–H and O–H groups in total. The minimum atomic E-state index is -0.284. The number of carbonyl (C=O) groups excluding carboxylic acids is 1. The Labute approximate surface area is 164 Å². The van der Waals surface area contributed by atoms with E-state index in [1.54, 1.807) is 18.3 Å². The van der Waals surface area contributed by atoms with Crippen LogP contribution in [0.2, 0.25) is 5.02 Å². The van der Waals surface area contributed by atoms with E-state index in [0.29, 0.717) is 34.4 Å². The molecule has 0 aliphatic carbocycles. The molecule has 1 fully saturated rings. The fraction of sp³-hybridized carbons (Fsp3) is 0.400. The molecule has 1 aromatic heterocycles. The van der Waals surface area contributed by atoms with E-state index in [2.05, 4.69) is 15.2 Å². The number of benzene rings is 1. The van der Waals surface area contributed by atoms with Gasteiger partial charge in [-0.05, 0) is 43.5 Å². The van der Waals surface area contributed by atoms with E-state index in [1.165, 1.54) is 20.0 Å². The van der Waals surface area contributed by atoms with Crippen LogP contribution >= 0.6 is 11.6 Å². The number of pyridine rings is 1. The summed E-state index contributed by atoms with van der Waals surface area (Å²) in [5.41, 5.74) is 1.02. The topological polar surface area (TPSA) is 63.7 Å². The highest BCUT2D eigenvalue weighted by atomic mass is 35.5. The van der Waals surface area contributed by atoms with Crippen molar-refractivity contribution in [1.82, 2.24) is 4.98 Å². The second-order valence-electron chi connectivity index (χ2n) is 6.39. The first-order chi connectivity index (χ1) is 13.1. The van der Waals surface area contributed by atoms with Crippen molar-refractivity contribution in [1.29, 1.82) is 0 Å². The van der Waals surface area contributed by atoms with E-state index in [1.807, 2.05) is 19.1 Å². The summed E-state index contributed by atoms with van der Waals surface area (Å²) >= 11 is 6.29. The summed E-state index contributed by atoms with van der Waals surface area (Å²) in [6, 6.07) is 6.99. The highest BCUT2D eigenvalue weighted by Crippen LogP contribution is 2.36. The molecule has 2 aromatic rings. The van der Waals surface area contributed by atoms with Gasteiger partial charge >= 0.3 is 0 Å². The number of anilines is 2. The van der Waals surface area contributed by atoms with Crippen molar-refractivity contribution in [3.8, 4) is 11.5 Å². The number of nitrogens with zero attached hydrogens (tertiary/aromatic N) is 2. The predicted molar refractivity (Wildman–Crippen MR) is 107 cm³/mol. The van der Waals surface area contributed by atoms with Gasteiger partial charge in [0.25, 0.3) is 5.91 Å². The fourth-order valence-electron chi connectivity index (χ4n) is 2.99. The molecule has 1 saturated heterocycles. The van der Waals surface area contributed by atoms with Crippen LogP contribution in [0, 0.1) is 0 Å². The smallest absolute Gasteiger partial charge is 0.255 e. The number of halogens is 1. The van der Waals surface area contributed by atoms with Crippen LogP contribution in [0.25, 0.3) is 0 Å². The normalized spacial score (nSPS) is 13.5. The number of hydrogen-bond acceptors (Lipinski definition) is 5. The van der Waals surface area contributed by atoms with Gasteiger partial charge in [0.2, 0.25) is 0 Å². The zero-order valence-electron chi connectivity index (χ0n) is 15.6. The lowest BCUT2D eigenvalue weighted by Crippen LogP contribution is -2.19. The molecule has 0 atom stereocenters. The Kier molecular flexibility index (Phi) is 6.40. The third-order valence-electron chi connectivity index (χ3n) is 4.38. The Morgan fingerprint density at radius 3 is 2.70 bits per heavy atom. The van der Waals surface area contributed by atoms with Gasteiger partial charge in [-0.3, -0.25) is 4.79 Å². The quantitative estimate of drug-likeness (QED) is 0.761. The van der Waals surface area contributed by atoms with E-state index in [9.17, 15) is 4.79 Å². The monoisotopic (exact) mass is 389 g/mol. The first-order valence-electron chi connectivity index (χ1n) is 9.15. The largest absolute Gasteiger partial charge is 0.493 e. The van der Waals surface area contributed by atoms with Crippen LogP contribution in [0.5, 0.6) is 11.5 Å². The molecule has 144 valence electrons. The Balaban J connectivity index is 1.72. The van der Waals surface area contributed by atoms with Crippen molar-refractivity contribution in [2.45, 2.75) is 26.2 Å². The van der Waals surface area contributed by atoms with Crippen molar-refractivity contribution >= 4 is 29.0 Å². The van der Waals surface area contributed by atoms with Crippen LogP contribution in [0.15, 0.2) is 30.5 Å². The first kappa shape index (κ1) is 19.3. The maximum atomic E-state index is 12.6. The first-order valence-corrected chi connectivity index (χ1v) is 9.53. The Morgan fingerprint density at radius 1 is 1.30 bits per heavy atom. The van der Waals surface area contributed by atoms with Gasteiger partial charge in [-0.25, -0.2) is 4.98 Å². The van der Waals surface area contributed by atoms with Gasteiger partial charge in [0.05, 0.1) is 30.6 Å². The maximum Gasteiger partial charge on any atom is 0.255 e. The molecular weight excluding hydrogens is 366 g/mol. The molecule has 1 aliphatic rings. The Hall–Kier alpha value is -2.47. The zero-order chi connectivity index (χ0) is 19.2. The van der Waals surface area contributed by atoms with Crippen LogP contribution in [-0.2, 0) is 0 Å². The third kappa shape index (κ3) is 4.63. The van der Waals surface area contributed by atoms with Gasteiger partial charge in [-0.15, -0.1) is 0 Å². The minimum Gasteiger partial charge on any atom is -0.493 e. The average molecular weight is 390 g/mol. The molecule has 1 aliphatic heterocycles. The lowest BCUT2D eigenvalue weighted by Gasteiger charge is -2.16. The second kappa shape index (κ2) is 8.95. The van der Waals surface area contributed by atoms with E-state index < -0.39 is 0 Å². The van der Waals surface area contributed by atoms with Crippen LogP contribution in [-0.4, -0.2) is 37.7 Å². The molecule has 7 heteroatoms. The Morgan fingerprint density at radius 2 is 2.07 bits per heavy atom. The van der Waals surface area contributed by atoms with Crippen LogP contribution in [0.4, 0.5) is 11.5 Å². The van der Waals surface area contributed by atoms with Crippen LogP contribution in [0.1, 0.15) is 36.5 Å². The summed E-state index contributed by atoms with van der Waals surface area (Å²) in [7, 11) is 1.52. The lowest BCUT2D eigenvalue weighted by atomic mass is 10.2. The molecule has 0 radical (unpaired) electrons. The number of methoxy groups -OCH3 is 1. The third-order valence-corrected chi connectivity index (χ3v) is 4.66. The van der Waals surface area contributed by atoms with Gasteiger partial charge in [-0.2, -0.15) is 0 Å². The molecule has 0 bridgehead atoms. The van der Waals surface area contributed by atoms with Gasteiger partial charge in [0.15, 0.2) is 11.5 Å². The summed E-state index contributed by atoms with van der Waals surface area (Å²) < 4.78 is 10.9. The number of aromatic nitrogens is 1. The number of nitrogens with one attached hydrogen (secondary N) is 1. The highest BCUT2D eigenvalue weighted by molar-refractivity contribution is 6.32. The summed E-state index contributed by atoms with van der Waals surface area (Å²) in [6.45, 7) is 4.59. The molecule has 2 heterocycles. The van der Waals surface area contributed by atoms with E-state index in [4.69, 9.17) is 21.1 Å². The molecule has 0 unspecified atom stereocenters.